The fourth-order valence-corrected chi connectivity index (χ4v) is 3.72. The monoisotopic (exact) mass is 342 g/mol. The normalized spacial score (nSPS) is 25.8. The molecule has 25 heavy (non-hydrogen) atoms. The van der Waals surface area contributed by atoms with Crippen LogP contribution in [0.1, 0.15) is 34.7 Å². The van der Waals surface area contributed by atoms with Crippen molar-refractivity contribution in [2.75, 3.05) is 13.2 Å². The fraction of sp³-hybridized carbons (Fsp3) is 0.474. The lowest BCUT2D eigenvalue weighted by Crippen LogP contribution is -2.46. The van der Waals surface area contributed by atoms with Crippen LogP contribution in [-0.2, 0) is 16.1 Å². The summed E-state index contributed by atoms with van der Waals surface area (Å²) in [5, 5.41) is 0. The van der Waals surface area contributed by atoms with Gasteiger partial charge in [-0.3, -0.25) is 9.78 Å². The van der Waals surface area contributed by atoms with Crippen LogP contribution in [0.3, 0.4) is 0 Å². The molecule has 3 heterocycles. The van der Waals surface area contributed by atoms with Crippen LogP contribution < -0.4 is 0 Å². The smallest absolute Gasteiger partial charge is 0.289 e. The van der Waals surface area contributed by atoms with Gasteiger partial charge in [0.15, 0.2) is 5.76 Å². The first-order chi connectivity index (χ1) is 12.2. The van der Waals surface area contributed by atoms with Crippen LogP contribution in [0.4, 0.5) is 0 Å². The number of hydrogen-bond donors (Lipinski definition) is 0. The molecule has 0 unspecified atom stereocenters. The van der Waals surface area contributed by atoms with E-state index in [1.54, 1.807) is 18.5 Å². The number of nitrogens with zero attached hydrogens (tertiary/aromatic N) is 2. The number of carbonyl (C=O) groups excluding carboxylic acids is 1. The predicted octanol–water partition coefficient (Wildman–Crippen LogP) is 2.57. The third kappa shape index (κ3) is 3.32. The van der Waals surface area contributed by atoms with Crippen molar-refractivity contribution in [3.8, 4) is 0 Å². The molecule has 0 spiro atoms. The number of carbonyl (C=O) groups is 1. The summed E-state index contributed by atoms with van der Waals surface area (Å²) in [5.41, 5.74) is 1.07. The fourth-order valence-electron chi connectivity index (χ4n) is 3.72. The number of amides is 1. The number of fused-ring (bicyclic) bond motifs is 2. The highest BCUT2D eigenvalue weighted by atomic mass is 16.5. The zero-order chi connectivity index (χ0) is 17.2. The molecule has 2 aromatic rings. The molecule has 2 aromatic heterocycles. The third-order valence-corrected chi connectivity index (χ3v) is 4.96. The van der Waals surface area contributed by atoms with Gasteiger partial charge in [0.25, 0.3) is 5.91 Å². The van der Waals surface area contributed by atoms with E-state index in [1.807, 2.05) is 30.0 Å². The molecular weight excluding hydrogens is 320 g/mol. The van der Waals surface area contributed by atoms with Crippen molar-refractivity contribution in [2.24, 2.45) is 0 Å². The third-order valence-electron chi connectivity index (χ3n) is 4.96. The van der Waals surface area contributed by atoms with Crippen LogP contribution in [-0.4, -0.2) is 47.2 Å². The van der Waals surface area contributed by atoms with E-state index in [4.69, 9.17) is 13.9 Å². The maximum absolute atomic E-state index is 12.9. The predicted molar refractivity (Wildman–Crippen MR) is 90.1 cm³/mol. The van der Waals surface area contributed by atoms with Gasteiger partial charge in [0, 0.05) is 18.9 Å². The molecule has 1 amide bonds. The highest BCUT2D eigenvalue weighted by Gasteiger charge is 2.45. The highest BCUT2D eigenvalue weighted by molar-refractivity contribution is 5.91. The van der Waals surface area contributed by atoms with Crippen LogP contribution in [0.5, 0.6) is 0 Å². The second-order valence-electron chi connectivity index (χ2n) is 6.59. The average molecular weight is 342 g/mol. The van der Waals surface area contributed by atoms with Gasteiger partial charge in [0.05, 0.1) is 25.4 Å². The maximum atomic E-state index is 12.9. The Kier molecular flexibility index (Phi) is 4.55. The highest BCUT2D eigenvalue weighted by Crippen LogP contribution is 2.33. The minimum atomic E-state index is -0.115. The van der Waals surface area contributed by atoms with Crippen LogP contribution in [0.25, 0.3) is 0 Å². The van der Waals surface area contributed by atoms with E-state index in [9.17, 15) is 4.79 Å². The van der Waals surface area contributed by atoms with Gasteiger partial charge >= 0.3 is 0 Å². The molecule has 2 fully saturated rings. The van der Waals surface area contributed by atoms with Gasteiger partial charge in [0.2, 0.25) is 0 Å². The Hall–Kier alpha value is -2.18. The summed E-state index contributed by atoms with van der Waals surface area (Å²) >= 11 is 0. The van der Waals surface area contributed by atoms with Crippen molar-refractivity contribution in [3.63, 3.8) is 0 Å². The second-order valence-corrected chi connectivity index (χ2v) is 6.59. The Morgan fingerprint density at radius 1 is 1.28 bits per heavy atom. The van der Waals surface area contributed by atoms with E-state index in [0.717, 1.165) is 24.2 Å². The van der Waals surface area contributed by atoms with Gasteiger partial charge in [-0.1, -0.05) is 0 Å². The summed E-state index contributed by atoms with van der Waals surface area (Å²) in [5.74, 6) is 1.04. The molecule has 132 valence electrons. The molecule has 1 saturated heterocycles. The molecule has 0 radical (unpaired) electrons. The van der Waals surface area contributed by atoms with Gasteiger partial charge in [-0.15, -0.1) is 0 Å². The molecule has 2 aliphatic rings. The number of ether oxygens (including phenoxy) is 2. The van der Waals surface area contributed by atoms with E-state index in [0.29, 0.717) is 25.5 Å². The van der Waals surface area contributed by atoms with Gasteiger partial charge in [-0.05, 0) is 49.6 Å². The zero-order valence-corrected chi connectivity index (χ0v) is 14.3. The standard InChI is InChI=1S/C19H22N2O4/c1-13-2-4-17(25-13)19(22)21-10-11-23-16-5-3-15(21)18(16)24-12-14-6-8-20-9-7-14/h2,4,6-9,15-16,18H,3,5,10-12H2,1H3/t15-,16-,18-/m0/s1. The van der Waals surface area contributed by atoms with Crippen molar-refractivity contribution in [1.82, 2.24) is 9.88 Å². The van der Waals surface area contributed by atoms with Gasteiger partial charge in [0.1, 0.15) is 11.9 Å². The van der Waals surface area contributed by atoms with Crippen molar-refractivity contribution in [2.45, 2.75) is 44.6 Å². The number of aromatic nitrogens is 1. The van der Waals surface area contributed by atoms with Gasteiger partial charge in [-0.25, -0.2) is 0 Å². The van der Waals surface area contributed by atoms with Crippen LogP contribution in [0.15, 0.2) is 41.1 Å². The lowest BCUT2D eigenvalue weighted by Gasteiger charge is -2.30. The molecular formula is C19H22N2O4. The Morgan fingerprint density at radius 3 is 2.88 bits per heavy atom. The molecule has 0 aromatic carbocycles. The summed E-state index contributed by atoms with van der Waals surface area (Å²) in [7, 11) is 0. The summed E-state index contributed by atoms with van der Waals surface area (Å²) in [6, 6.07) is 7.45. The molecule has 4 rings (SSSR count). The van der Waals surface area contributed by atoms with Crippen LogP contribution >= 0.6 is 0 Å². The summed E-state index contributed by atoms with van der Waals surface area (Å²) in [4.78, 5) is 18.8. The topological polar surface area (TPSA) is 64.8 Å². The Morgan fingerprint density at radius 2 is 2.12 bits per heavy atom. The largest absolute Gasteiger partial charge is 0.456 e. The molecule has 6 nitrogen and oxygen atoms in total. The quantitative estimate of drug-likeness (QED) is 0.854. The van der Waals surface area contributed by atoms with E-state index in [1.165, 1.54) is 0 Å². The second kappa shape index (κ2) is 6.98. The molecule has 1 aliphatic heterocycles. The minimum Gasteiger partial charge on any atom is -0.456 e. The van der Waals surface area contributed by atoms with Crippen molar-refractivity contribution < 1.29 is 18.7 Å². The average Bonchev–Trinajstić information content (AvgIpc) is 3.17. The SMILES string of the molecule is Cc1ccc(C(=O)N2CCO[C@H]3CC[C@H]2[C@@H]3OCc2ccncc2)o1. The molecule has 6 heteroatoms. The Balaban J connectivity index is 1.50. The van der Waals surface area contributed by atoms with E-state index in [2.05, 4.69) is 4.98 Å². The number of aryl methyl sites for hydroxylation is 1. The number of rotatable bonds is 4. The lowest BCUT2D eigenvalue weighted by atomic mass is 10.1. The molecule has 1 aliphatic carbocycles. The van der Waals surface area contributed by atoms with Crippen molar-refractivity contribution in [1.29, 1.82) is 0 Å². The van der Waals surface area contributed by atoms with Crippen LogP contribution in [0.2, 0.25) is 0 Å². The molecule has 3 atom stereocenters. The van der Waals surface area contributed by atoms with E-state index >= 15 is 0 Å². The van der Waals surface area contributed by atoms with Gasteiger partial charge in [-0.2, -0.15) is 0 Å². The number of hydrogen-bond acceptors (Lipinski definition) is 5. The zero-order valence-electron chi connectivity index (χ0n) is 14.3. The lowest BCUT2D eigenvalue weighted by molar-refractivity contribution is -0.0598. The Labute approximate surface area is 146 Å². The first-order valence-corrected chi connectivity index (χ1v) is 8.72. The summed E-state index contributed by atoms with van der Waals surface area (Å²) in [6.45, 7) is 3.43. The van der Waals surface area contributed by atoms with Crippen LogP contribution in [0, 0.1) is 6.92 Å². The minimum absolute atomic E-state index is 0.0206. The van der Waals surface area contributed by atoms with E-state index < -0.39 is 0 Å². The Bertz CT molecular complexity index is 730. The molecule has 1 saturated carbocycles. The molecule has 2 bridgehead atoms. The first-order valence-electron chi connectivity index (χ1n) is 8.72. The van der Waals surface area contributed by atoms with Crippen molar-refractivity contribution in [3.05, 3.63) is 53.7 Å². The van der Waals surface area contributed by atoms with Crippen molar-refractivity contribution >= 4 is 5.91 Å². The van der Waals surface area contributed by atoms with Gasteiger partial charge < -0.3 is 18.8 Å². The number of furan rings is 1. The summed E-state index contributed by atoms with van der Waals surface area (Å²) in [6.07, 6.45) is 5.24. The summed E-state index contributed by atoms with van der Waals surface area (Å²) < 4.78 is 17.7. The maximum Gasteiger partial charge on any atom is 0.289 e. The van der Waals surface area contributed by atoms with E-state index in [-0.39, 0.29) is 24.2 Å². The molecule has 0 N–H and O–H groups in total. The first kappa shape index (κ1) is 16.3. The number of pyridine rings is 1.